The minimum absolute atomic E-state index is 0.126. The van der Waals surface area contributed by atoms with Crippen molar-refractivity contribution in [2.75, 3.05) is 19.7 Å². The van der Waals surface area contributed by atoms with Gasteiger partial charge in [-0.05, 0) is 72.6 Å². The number of halogens is 6. The normalized spacial score (nSPS) is 17.0. The van der Waals surface area contributed by atoms with Gasteiger partial charge in [0.2, 0.25) is 0 Å². The lowest BCUT2D eigenvalue weighted by Crippen LogP contribution is -2.58. The Kier molecular flexibility index (Phi) is 14.0. The van der Waals surface area contributed by atoms with Crippen molar-refractivity contribution >= 4 is 29.4 Å². The summed E-state index contributed by atoms with van der Waals surface area (Å²) < 4.78 is 70.0. The largest absolute Gasteiger partial charge is 0.493 e. The molecule has 0 bridgehead atoms. The summed E-state index contributed by atoms with van der Waals surface area (Å²) >= 11 is 5.97. The van der Waals surface area contributed by atoms with E-state index in [2.05, 4.69) is 5.32 Å². The lowest BCUT2D eigenvalue weighted by atomic mass is 9.90. The summed E-state index contributed by atoms with van der Waals surface area (Å²) in [5.41, 5.74) is 7.19. The van der Waals surface area contributed by atoms with Crippen LogP contribution < -0.4 is 15.8 Å². The molecule has 3 aromatic rings. The van der Waals surface area contributed by atoms with Gasteiger partial charge in [0.25, 0.3) is 11.8 Å². The summed E-state index contributed by atoms with van der Waals surface area (Å²) in [4.78, 5) is 37.0. The molecule has 5 N–H and O–H groups in total. The second-order valence-corrected chi connectivity index (χ2v) is 13.3. The molecule has 52 heavy (non-hydrogen) atoms. The van der Waals surface area contributed by atoms with E-state index in [1.54, 1.807) is 36.4 Å². The van der Waals surface area contributed by atoms with Crippen molar-refractivity contribution in [2.24, 2.45) is 11.7 Å². The molecule has 5 rings (SSSR count). The predicted molar refractivity (Wildman–Crippen MR) is 184 cm³/mol. The fraction of sp³-hybridized carbons (Fsp3) is 0.432. The Labute approximate surface area is 302 Å². The first-order chi connectivity index (χ1) is 24.6. The number of nitrogens with two attached hydrogens (primary N) is 1. The molecule has 2 aliphatic rings. The maximum Gasteiger partial charge on any atom is 0.490 e. The standard InChI is InChI=1S/C35H40ClF2N3O4.C2HF3O2/c36-28-14-8-25(9-15-28)24-6-12-27(13-7-24)35(37,38)32(34(44)41-20-18-29(39)19-21-41)40-33(43)31(42)26-10-16-30(17-11-26)45-22-23-4-2-1-3-5-23;3-2(4,5)1(6)7/h6-17,23,29,31-32,42H,1-5,18-22,39H2,(H,40,43);(H,6,7)/t31-,32+;/m1./s1. The molecular formula is C37H41ClF5N3O6. The quantitative estimate of drug-likeness (QED) is 0.166. The van der Waals surface area contributed by atoms with Crippen LogP contribution >= 0.6 is 11.6 Å². The molecule has 282 valence electrons. The van der Waals surface area contributed by atoms with E-state index in [1.165, 1.54) is 60.6 Å². The number of ether oxygens (including phenoxy) is 1. The number of hydrogen-bond donors (Lipinski definition) is 4. The minimum Gasteiger partial charge on any atom is -0.493 e. The number of aliphatic hydroxyl groups is 1. The highest BCUT2D eigenvalue weighted by Gasteiger charge is 2.49. The number of likely N-dealkylation sites (tertiary alicyclic amines) is 1. The molecule has 0 aromatic heterocycles. The minimum atomic E-state index is -5.08. The number of carbonyl (C=O) groups excluding carboxylic acids is 2. The highest BCUT2D eigenvalue weighted by atomic mass is 35.5. The lowest BCUT2D eigenvalue weighted by Gasteiger charge is -2.36. The van der Waals surface area contributed by atoms with Crippen LogP contribution in [0.25, 0.3) is 11.1 Å². The van der Waals surface area contributed by atoms with Crippen LogP contribution in [0.4, 0.5) is 22.0 Å². The SMILES string of the molecule is NC1CCN(C(=O)[C@H](NC(=O)[C@H](O)c2ccc(OCC3CCCCC3)cc2)C(F)(F)c2ccc(-c3ccc(Cl)cc3)cc2)CC1.O=C(O)C(F)(F)F. The number of nitrogens with zero attached hydrogens (tertiary/aromatic N) is 1. The summed E-state index contributed by atoms with van der Waals surface area (Å²) in [6.45, 7) is 0.995. The van der Waals surface area contributed by atoms with Crippen molar-refractivity contribution in [1.29, 1.82) is 0 Å². The number of carboxylic acids is 1. The van der Waals surface area contributed by atoms with E-state index in [0.29, 0.717) is 41.7 Å². The first kappa shape index (κ1) is 40.5. The first-order valence-electron chi connectivity index (χ1n) is 16.9. The van der Waals surface area contributed by atoms with Gasteiger partial charge in [-0.3, -0.25) is 9.59 Å². The third-order valence-electron chi connectivity index (χ3n) is 9.09. The molecular weight excluding hydrogens is 713 g/mol. The second-order valence-electron chi connectivity index (χ2n) is 12.9. The van der Waals surface area contributed by atoms with E-state index >= 15 is 8.78 Å². The molecule has 0 unspecified atom stereocenters. The molecule has 9 nitrogen and oxygen atoms in total. The Bertz CT molecular complexity index is 1630. The molecule has 1 saturated carbocycles. The third kappa shape index (κ3) is 11.1. The van der Waals surface area contributed by atoms with Crippen LogP contribution in [0.5, 0.6) is 5.75 Å². The average Bonchev–Trinajstić information content (AvgIpc) is 3.13. The molecule has 15 heteroatoms. The number of piperidine rings is 1. The van der Waals surface area contributed by atoms with Crippen molar-refractivity contribution in [3.05, 3.63) is 88.9 Å². The first-order valence-corrected chi connectivity index (χ1v) is 17.2. The van der Waals surface area contributed by atoms with Gasteiger partial charge in [0.05, 0.1) is 6.61 Å². The molecule has 3 aromatic carbocycles. The topological polar surface area (TPSA) is 142 Å². The number of amides is 2. The lowest BCUT2D eigenvalue weighted by molar-refractivity contribution is -0.192. The smallest absolute Gasteiger partial charge is 0.490 e. The molecule has 0 spiro atoms. The van der Waals surface area contributed by atoms with Gasteiger partial charge >= 0.3 is 18.1 Å². The Balaban J connectivity index is 0.000000785. The van der Waals surface area contributed by atoms with Crippen LogP contribution in [0.1, 0.15) is 62.2 Å². The van der Waals surface area contributed by atoms with Gasteiger partial charge in [0, 0.05) is 29.7 Å². The van der Waals surface area contributed by atoms with Gasteiger partial charge in [-0.2, -0.15) is 22.0 Å². The Hall–Kier alpha value is -4.27. The number of aliphatic hydroxyl groups excluding tert-OH is 1. The molecule has 0 radical (unpaired) electrons. The highest BCUT2D eigenvalue weighted by Crippen LogP contribution is 2.35. The number of nitrogens with one attached hydrogen (secondary N) is 1. The molecule has 2 fully saturated rings. The number of carboxylic acid groups (broad SMARTS) is 1. The zero-order valence-electron chi connectivity index (χ0n) is 28.1. The zero-order valence-corrected chi connectivity index (χ0v) is 28.9. The zero-order chi connectivity index (χ0) is 38.1. The van der Waals surface area contributed by atoms with E-state index in [0.717, 1.165) is 18.4 Å². The van der Waals surface area contributed by atoms with Crippen LogP contribution in [-0.2, 0) is 20.3 Å². The highest BCUT2D eigenvalue weighted by molar-refractivity contribution is 6.30. The van der Waals surface area contributed by atoms with Crippen LogP contribution in [-0.4, -0.2) is 70.9 Å². The Morgan fingerprint density at radius 1 is 0.846 bits per heavy atom. The van der Waals surface area contributed by atoms with Gasteiger partial charge in [-0.15, -0.1) is 0 Å². The van der Waals surface area contributed by atoms with Crippen molar-refractivity contribution < 1.29 is 51.3 Å². The molecule has 2 amide bonds. The van der Waals surface area contributed by atoms with Gasteiger partial charge in [0.15, 0.2) is 12.1 Å². The molecule has 1 saturated heterocycles. The van der Waals surface area contributed by atoms with Crippen molar-refractivity contribution in [3.63, 3.8) is 0 Å². The van der Waals surface area contributed by atoms with Gasteiger partial charge in [0.1, 0.15) is 5.75 Å². The molecule has 1 aliphatic carbocycles. The van der Waals surface area contributed by atoms with E-state index in [-0.39, 0.29) is 24.7 Å². The second kappa shape index (κ2) is 18.0. The number of hydrogen-bond acceptors (Lipinski definition) is 6. The Morgan fingerprint density at radius 2 is 1.37 bits per heavy atom. The fourth-order valence-corrected chi connectivity index (χ4v) is 6.12. The third-order valence-corrected chi connectivity index (χ3v) is 9.34. The van der Waals surface area contributed by atoms with Crippen LogP contribution in [0, 0.1) is 5.92 Å². The van der Waals surface area contributed by atoms with Crippen molar-refractivity contribution in [3.8, 4) is 16.9 Å². The van der Waals surface area contributed by atoms with E-state index < -0.39 is 47.6 Å². The van der Waals surface area contributed by atoms with Gasteiger partial charge < -0.3 is 30.9 Å². The fourth-order valence-electron chi connectivity index (χ4n) is 5.99. The summed E-state index contributed by atoms with van der Waals surface area (Å²) in [5.74, 6) is -7.47. The molecule has 1 heterocycles. The monoisotopic (exact) mass is 753 g/mol. The maximum atomic E-state index is 16.2. The summed E-state index contributed by atoms with van der Waals surface area (Å²) in [5, 5.41) is 20.7. The number of aliphatic carboxylic acids is 1. The van der Waals surface area contributed by atoms with Crippen molar-refractivity contribution in [2.45, 2.75) is 75.2 Å². The van der Waals surface area contributed by atoms with Gasteiger partial charge in [-0.25, -0.2) is 4.79 Å². The number of rotatable bonds is 10. The summed E-state index contributed by atoms with van der Waals surface area (Å²) in [6.07, 6.45) is 0.0126. The van der Waals surface area contributed by atoms with Crippen molar-refractivity contribution in [1.82, 2.24) is 10.2 Å². The summed E-state index contributed by atoms with van der Waals surface area (Å²) in [6, 6.07) is 16.5. The predicted octanol–water partition coefficient (Wildman–Crippen LogP) is 6.86. The maximum absolute atomic E-state index is 16.2. The van der Waals surface area contributed by atoms with E-state index in [4.69, 9.17) is 32.0 Å². The van der Waals surface area contributed by atoms with Crippen LogP contribution in [0.2, 0.25) is 5.02 Å². The van der Waals surface area contributed by atoms with E-state index in [1.807, 2.05) is 0 Å². The van der Waals surface area contributed by atoms with Crippen LogP contribution in [0.3, 0.4) is 0 Å². The Morgan fingerprint density at radius 3 is 1.88 bits per heavy atom. The number of alkyl halides is 5. The van der Waals surface area contributed by atoms with Gasteiger partial charge in [-0.1, -0.05) is 79.4 Å². The molecule has 2 atom stereocenters. The van der Waals surface area contributed by atoms with E-state index in [9.17, 15) is 27.9 Å². The number of carbonyl (C=O) groups is 3. The number of benzene rings is 3. The average molecular weight is 754 g/mol. The molecule has 1 aliphatic heterocycles. The summed E-state index contributed by atoms with van der Waals surface area (Å²) in [7, 11) is 0. The van der Waals surface area contributed by atoms with Crippen LogP contribution in [0.15, 0.2) is 72.8 Å².